The standard InChI is InChI=1S/C20H25NO/c1-16-9-10-18-11-13-21-14-12-19(18)20(16)22-15-5-8-17-6-3-2-4-7-17/h2-4,6-7,9-10,21H,5,8,11-15H2,1H3. The van der Waals surface area contributed by atoms with Crippen LogP contribution >= 0.6 is 0 Å². The van der Waals surface area contributed by atoms with Crippen LogP contribution in [0.15, 0.2) is 42.5 Å². The lowest BCUT2D eigenvalue weighted by atomic mass is 9.99. The van der Waals surface area contributed by atoms with E-state index in [1.54, 1.807) is 0 Å². The van der Waals surface area contributed by atoms with Crippen molar-refractivity contribution in [2.24, 2.45) is 0 Å². The molecule has 1 N–H and O–H groups in total. The molecule has 0 bridgehead atoms. The van der Waals surface area contributed by atoms with Crippen LogP contribution in [0.5, 0.6) is 5.75 Å². The molecule has 2 aromatic rings. The number of aryl methyl sites for hydroxylation is 2. The Morgan fingerprint density at radius 1 is 1.00 bits per heavy atom. The highest BCUT2D eigenvalue weighted by Gasteiger charge is 2.14. The van der Waals surface area contributed by atoms with Crippen LogP contribution in [0, 0.1) is 6.92 Å². The molecule has 1 heterocycles. The highest BCUT2D eigenvalue weighted by atomic mass is 16.5. The van der Waals surface area contributed by atoms with Crippen LogP contribution in [0.2, 0.25) is 0 Å². The predicted octanol–water partition coefficient (Wildman–Crippen LogP) is 3.69. The quantitative estimate of drug-likeness (QED) is 0.849. The highest BCUT2D eigenvalue weighted by Crippen LogP contribution is 2.29. The molecular weight excluding hydrogens is 270 g/mol. The molecule has 22 heavy (non-hydrogen) atoms. The van der Waals surface area contributed by atoms with E-state index >= 15 is 0 Å². The number of ether oxygens (including phenoxy) is 1. The molecule has 2 heteroatoms. The van der Waals surface area contributed by atoms with Crippen molar-refractivity contribution in [1.82, 2.24) is 5.32 Å². The molecule has 0 aromatic heterocycles. The average molecular weight is 295 g/mol. The van der Waals surface area contributed by atoms with Gasteiger partial charge < -0.3 is 10.1 Å². The minimum atomic E-state index is 0.791. The van der Waals surface area contributed by atoms with E-state index in [1.165, 1.54) is 22.3 Å². The first-order chi connectivity index (χ1) is 10.8. The number of hydrogen-bond donors (Lipinski definition) is 1. The molecule has 0 fully saturated rings. The summed E-state index contributed by atoms with van der Waals surface area (Å²) in [7, 11) is 0. The van der Waals surface area contributed by atoms with Gasteiger partial charge in [0.05, 0.1) is 6.61 Å². The molecule has 0 saturated heterocycles. The number of rotatable bonds is 5. The molecule has 0 aliphatic carbocycles. The van der Waals surface area contributed by atoms with Crippen molar-refractivity contribution in [3.63, 3.8) is 0 Å². The molecule has 3 rings (SSSR count). The summed E-state index contributed by atoms with van der Waals surface area (Å²) in [6.45, 7) is 5.07. The fourth-order valence-corrected chi connectivity index (χ4v) is 3.15. The van der Waals surface area contributed by atoms with Gasteiger partial charge in [0.25, 0.3) is 0 Å². The third kappa shape index (κ3) is 3.69. The minimum absolute atomic E-state index is 0.791. The zero-order chi connectivity index (χ0) is 15.2. The lowest BCUT2D eigenvalue weighted by Crippen LogP contribution is -2.16. The molecule has 1 aliphatic rings. The summed E-state index contributed by atoms with van der Waals surface area (Å²) in [5.74, 6) is 1.13. The lowest BCUT2D eigenvalue weighted by Gasteiger charge is -2.16. The van der Waals surface area contributed by atoms with Crippen molar-refractivity contribution >= 4 is 0 Å². The maximum Gasteiger partial charge on any atom is 0.125 e. The van der Waals surface area contributed by atoms with Gasteiger partial charge in [-0.1, -0.05) is 42.5 Å². The second kappa shape index (κ2) is 7.46. The summed E-state index contributed by atoms with van der Waals surface area (Å²) in [6.07, 6.45) is 4.32. The van der Waals surface area contributed by atoms with E-state index in [0.717, 1.165) is 51.1 Å². The van der Waals surface area contributed by atoms with Crippen LogP contribution < -0.4 is 10.1 Å². The normalized spacial score (nSPS) is 14.2. The fraction of sp³-hybridized carbons (Fsp3) is 0.400. The fourth-order valence-electron chi connectivity index (χ4n) is 3.15. The summed E-state index contributed by atoms with van der Waals surface area (Å²) in [5.41, 5.74) is 5.53. The molecule has 1 aliphatic heterocycles. The van der Waals surface area contributed by atoms with Crippen molar-refractivity contribution in [1.29, 1.82) is 0 Å². The van der Waals surface area contributed by atoms with Gasteiger partial charge in [0, 0.05) is 0 Å². The van der Waals surface area contributed by atoms with Gasteiger partial charge in [0.2, 0.25) is 0 Å². The van der Waals surface area contributed by atoms with E-state index in [1.807, 2.05) is 0 Å². The van der Waals surface area contributed by atoms with Gasteiger partial charge >= 0.3 is 0 Å². The average Bonchev–Trinajstić information content (AvgIpc) is 2.79. The second-order valence-electron chi connectivity index (χ2n) is 6.04. The van der Waals surface area contributed by atoms with Crippen molar-refractivity contribution in [3.8, 4) is 5.75 Å². The predicted molar refractivity (Wildman–Crippen MR) is 91.7 cm³/mol. The summed E-state index contributed by atoms with van der Waals surface area (Å²) < 4.78 is 6.18. The van der Waals surface area contributed by atoms with E-state index in [4.69, 9.17) is 4.74 Å². The monoisotopic (exact) mass is 295 g/mol. The summed E-state index contributed by atoms with van der Waals surface area (Å²) in [6, 6.07) is 15.1. The van der Waals surface area contributed by atoms with Gasteiger partial charge in [-0.05, 0) is 68.0 Å². The molecule has 0 unspecified atom stereocenters. The van der Waals surface area contributed by atoms with Gasteiger partial charge in [-0.25, -0.2) is 0 Å². The van der Waals surface area contributed by atoms with Crippen LogP contribution in [-0.4, -0.2) is 19.7 Å². The molecular formula is C20H25NO. The number of benzene rings is 2. The van der Waals surface area contributed by atoms with Crippen LogP contribution in [0.4, 0.5) is 0 Å². The Hall–Kier alpha value is -1.80. The van der Waals surface area contributed by atoms with Gasteiger partial charge in [-0.15, -0.1) is 0 Å². The maximum absolute atomic E-state index is 6.18. The molecule has 0 spiro atoms. The molecule has 0 radical (unpaired) electrons. The second-order valence-corrected chi connectivity index (χ2v) is 6.04. The minimum Gasteiger partial charge on any atom is -0.493 e. The van der Waals surface area contributed by atoms with Gasteiger partial charge in [-0.3, -0.25) is 0 Å². The van der Waals surface area contributed by atoms with Gasteiger partial charge in [-0.2, -0.15) is 0 Å². The van der Waals surface area contributed by atoms with Crippen LogP contribution in [0.1, 0.15) is 28.7 Å². The van der Waals surface area contributed by atoms with Gasteiger partial charge in [0.15, 0.2) is 0 Å². The Morgan fingerprint density at radius 2 is 1.82 bits per heavy atom. The van der Waals surface area contributed by atoms with Crippen molar-refractivity contribution < 1.29 is 4.74 Å². The number of fused-ring (bicyclic) bond motifs is 1. The molecule has 0 amide bonds. The van der Waals surface area contributed by atoms with E-state index in [-0.39, 0.29) is 0 Å². The first-order valence-electron chi connectivity index (χ1n) is 8.33. The number of hydrogen-bond acceptors (Lipinski definition) is 2. The lowest BCUT2D eigenvalue weighted by molar-refractivity contribution is 0.305. The van der Waals surface area contributed by atoms with E-state index in [0.29, 0.717) is 0 Å². The molecule has 2 aromatic carbocycles. The topological polar surface area (TPSA) is 21.3 Å². The Morgan fingerprint density at radius 3 is 2.68 bits per heavy atom. The Kier molecular flexibility index (Phi) is 5.12. The largest absolute Gasteiger partial charge is 0.493 e. The molecule has 0 saturated carbocycles. The van der Waals surface area contributed by atoms with Crippen molar-refractivity contribution in [3.05, 3.63) is 64.7 Å². The highest BCUT2D eigenvalue weighted by molar-refractivity contribution is 5.47. The Bertz CT molecular complexity index is 607. The maximum atomic E-state index is 6.18. The van der Waals surface area contributed by atoms with E-state index < -0.39 is 0 Å². The summed E-state index contributed by atoms with van der Waals surface area (Å²) in [4.78, 5) is 0. The van der Waals surface area contributed by atoms with Crippen molar-refractivity contribution in [2.45, 2.75) is 32.6 Å². The van der Waals surface area contributed by atoms with E-state index in [2.05, 4.69) is 54.7 Å². The zero-order valence-electron chi connectivity index (χ0n) is 13.4. The first-order valence-corrected chi connectivity index (χ1v) is 8.33. The van der Waals surface area contributed by atoms with Crippen LogP contribution in [-0.2, 0) is 19.3 Å². The summed E-state index contributed by atoms with van der Waals surface area (Å²) >= 11 is 0. The van der Waals surface area contributed by atoms with Crippen LogP contribution in [0.25, 0.3) is 0 Å². The Labute approximate surface area is 133 Å². The van der Waals surface area contributed by atoms with Gasteiger partial charge in [0.1, 0.15) is 5.75 Å². The first kappa shape index (κ1) is 15.1. The van der Waals surface area contributed by atoms with Crippen LogP contribution in [0.3, 0.4) is 0 Å². The number of nitrogens with one attached hydrogen (secondary N) is 1. The molecule has 2 nitrogen and oxygen atoms in total. The SMILES string of the molecule is Cc1ccc2c(c1OCCCc1ccccc1)CCNCC2. The third-order valence-electron chi connectivity index (χ3n) is 4.38. The van der Waals surface area contributed by atoms with E-state index in [9.17, 15) is 0 Å². The zero-order valence-corrected chi connectivity index (χ0v) is 13.4. The Balaban J connectivity index is 1.62. The molecule has 116 valence electrons. The summed E-state index contributed by atoms with van der Waals surface area (Å²) in [5, 5.41) is 3.47. The third-order valence-corrected chi connectivity index (χ3v) is 4.38. The van der Waals surface area contributed by atoms with Crippen molar-refractivity contribution in [2.75, 3.05) is 19.7 Å². The molecule has 0 atom stereocenters. The smallest absolute Gasteiger partial charge is 0.125 e.